The standard InChI is InChI=1S/C19H22N4O4/c1-12(2)25-19(24)23-7-4-13(5-8-23)9-17-21-18(27-22-17)16-10-14-11-20-6-3-15(14)26-16/h3,6,10-13H,4-5,7-9H2,1-2H3. The molecule has 3 aromatic heterocycles. The SMILES string of the molecule is CC(C)OC(=O)N1CCC(Cc2noc(-c3cc4cnccc4o3)n2)CC1. The average molecular weight is 370 g/mol. The number of hydrogen-bond donors (Lipinski definition) is 0. The lowest BCUT2D eigenvalue weighted by atomic mass is 9.93. The van der Waals surface area contributed by atoms with Crippen LogP contribution in [0.4, 0.5) is 4.79 Å². The van der Waals surface area contributed by atoms with Crippen LogP contribution >= 0.6 is 0 Å². The van der Waals surface area contributed by atoms with Gasteiger partial charge in [-0.3, -0.25) is 4.98 Å². The monoisotopic (exact) mass is 370 g/mol. The first kappa shape index (κ1) is 17.5. The molecule has 142 valence electrons. The highest BCUT2D eigenvalue weighted by atomic mass is 16.6. The van der Waals surface area contributed by atoms with Crippen molar-refractivity contribution >= 4 is 17.1 Å². The Morgan fingerprint density at radius 1 is 1.37 bits per heavy atom. The summed E-state index contributed by atoms with van der Waals surface area (Å²) < 4.78 is 16.4. The molecule has 4 rings (SSSR count). The number of piperidine rings is 1. The third-order valence-corrected chi connectivity index (χ3v) is 4.68. The van der Waals surface area contributed by atoms with E-state index in [1.54, 1.807) is 23.4 Å². The third kappa shape index (κ3) is 3.94. The molecule has 0 spiro atoms. The molecule has 8 nitrogen and oxygen atoms in total. The van der Waals surface area contributed by atoms with Crippen molar-refractivity contribution in [2.75, 3.05) is 13.1 Å². The van der Waals surface area contributed by atoms with Gasteiger partial charge in [0.05, 0.1) is 6.10 Å². The Bertz CT molecular complexity index is 892. The first-order chi connectivity index (χ1) is 13.1. The van der Waals surface area contributed by atoms with Crippen LogP contribution in [0.5, 0.6) is 0 Å². The van der Waals surface area contributed by atoms with E-state index in [9.17, 15) is 4.79 Å². The molecule has 0 atom stereocenters. The van der Waals surface area contributed by atoms with Crippen molar-refractivity contribution in [1.29, 1.82) is 0 Å². The van der Waals surface area contributed by atoms with Gasteiger partial charge in [-0.1, -0.05) is 5.16 Å². The van der Waals surface area contributed by atoms with Crippen LogP contribution in [0.1, 0.15) is 32.5 Å². The molecule has 0 N–H and O–H groups in total. The first-order valence-electron chi connectivity index (χ1n) is 9.20. The molecule has 1 fully saturated rings. The zero-order valence-electron chi connectivity index (χ0n) is 15.4. The van der Waals surface area contributed by atoms with E-state index in [4.69, 9.17) is 13.7 Å². The van der Waals surface area contributed by atoms with E-state index in [0.29, 0.717) is 36.5 Å². The summed E-state index contributed by atoms with van der Waals surface area (Å²) in [5.41, 5.74) is 0.736. The molecule has 1 aliphatic heterocycles. The molecule has 0 radical (unpaired) electrons. The van der Waals surface area contributed by atoms with Crippen LogP contribution in [0, 0.1) is 5.92 Å². The van der Waals surface area contributed by atoms with Crippen molar-refractivity contribution in [3.8, 4) is 11.7 Å². The molecule has 0 bridgehead atoms. The minimum absolute atomic E-state index is 0.0954. The molecule has 8 heteroatoms. The van der Waals surface area contributed by atoms with E-state index in [2.05, 4.69) is 15.1 Å². The number of fused-ring (bicyclic) bond motifs is 1. The van der Waals surface area contributed by atoms with Crippen molar-refractivity contribution in [2.45, 2.75) is 39.2 Å². The lowest BCUT2D eigenvalue weighted by Crippen LogP contribution is -2.40. The smallest absolute Gasteiger partial charge is 0.410 e. The minimum Gasteiger partial charge on any atom is -0.451 e. The van der Waals surface area contributed by atoms with E-state index in [-0.39, 0.29) is 12.2 Å². The first-order valence-corrected chi connectivity index (χ1v) is 9.20. The number of nitrogens with zero attached hydrogens (tertiary/aromatic N) is 4. The van der Waals surface area contributed by atoms with E-state index < -0.39 is 0 Å². The summed E-state index contributed by atoms with van der Waals surface area (Å²) in [6.07, 6.45) is 5.60. The van der Waals surface area contributed by atoms with Crippen molar-refractivity contribution in [2.24, 2.45) is 5.92 Å². The van der Waals surface area contributed by atoms with Crippen LogP contribution in [0.25, 0.3) is 22.6 Å². The summed E-state index contributed by atoms with van der Waals surface area (Å²) in [7, 11) is 0. The summed E-state index contributed by atoms with van der Waals surface area (Å²) in [6.45, 7) is 5.10. The second-order valence-electron chi connectivity index (χ2n) is 7.11. The van der Waals surface area contributed by atoms with Crippen molar-refractivity contribution < 1.29 is 18.5 Å². The largest absolute Gasteiger partial charge is 0.451 e. The summed E-state index contributed by atoms with van der Waals surface area (Å²) in [5, 5.41) is 4.98. The van der Waals surface area contributed by atoms with Gasteiger partial charge in [0.25, 0.3) is 5.89 Å². The quantitative estimate of drug-likeness (QED) is 0.691. The van der Waals surface area contributed by atoms with Gasteiger partial charge in [-0.05, 0) is 44.7 Å². The normalized spacial score (nSPS) is 15.6. The van der Waals surface area contributed by atoms with Gasteiger partial charge in [0.15, 0.2) is 11.6 Å². The molecule has 0 unspecified atom stereocenters. The number of likely N-dealkylation sites (tertiary alicyclic amines) is 1. The van der Waals surface area contributed by atoms with Crippen LogP contribution in [0.15, 0.2) is 33.5 Å². The lowest BCUT2D eigenvalue weighted by Gasteiger charge is -2.31. The molecule has 0 aliphatic carbocycles. The number of furan rings is 1. The summed E-state index contributed by atoms with van der Waals surface area (Å²) in [4.78, 5) is 22.3. The Morgan fingerprint density at radius 3 is 2.93 bits per heavy atom. The van der Waals surface area contributed by atoms with Crippen molar-refractivity contribution in [3.05, 3.63) is 30.4 Å². The highest BCUT2D eigenvalue weighted by Crippen LogP contribution is 2.27. The number of carbonyl (C=O) groups excluding carboxylic acids is 1. The number of amides is 1. The average Bonchev–Trinajstić information content (AvgIpc) is 3.28. The zero-order valence-corrected chi connectivity index (χ0v) is 15.4. The van der Waals surface area contributed by atoms with E-state index in [1.165, 1.54) is 0 Å². The van der Waals surface area contributed by atoms with Gasteiger partial charge in [-0.2, -0.15) is 4.98 Å². The van der Waals surface area contributed by atoms with Crippen molar-refractivity contribution in [3.63, 3.8) is 0 Å². The Labute approximate surface area is 156 Å². The van der Waals surface area contributed by atoms with Crippen LogP contribution in [0.3, 0.4) is 0 Å². The number of pyridine rings is 1. The molecule has 0 aromatic carbocycles. The number of aromatic nitrogens is 3. The maximum atomic E-state index is 12.0. The number of ether oxygens (including phenoxy) is 1. The highest BCUT2D eigenvalue weighted by molar-refractivity contribution is 5.80. The predicted molar refractivity (Wildman–Crippen MR) is 96.9 cm³/mol. The zero-order chi connectivity index (χ0) is 18.8. The minimum atomic E-state index is -0.232. The van der Waals surface area contributed by atoms with Crippen LogP contribution < -0.4 is 0 Å². The van der Waals surface area contributed by atoms with Gasteiger partial charge >= 0.3 is 6.09 Å². The number of rotatable bonds is 4. The maximum Gasteiger partial charge on any atom is 0.410 e. The molecule has 1 amide bonds. The highest BCUT2D eigenvalue weighted by Gasteiger charge is 2.26. The molecule has 3 aromatic rings. The summed E-state index contributed by atoms with van der Waals surface area (Å²) in [5.74, 6) is 1.99. The van der Waals surface area contributed by atoms with Crippen molar-refractivity contribution in [1.82, 2.24) is 20.0 Å². The topological polar surface area (TPSA) is 94.5 Å². The molecular weight excluding hydrogens is 348 g/mol. The fraction of sp³-hybridized carbons (Fsp3) is 0.474. The number of hydrogen-bond acceptors (Lipinski definition) is 7. The van der Waals surface area contributed by atoms with Crippen LogP contribution in [-0.4, -0.2) is 45.3 Å². The van der Waals surface area contributed by atoms with Gasteiger partial charge in [0, 0.05) is 37.3 Å². The van der Waals surface area contributed by atoms with Crippen LogP contribution in [0.2, 0.25) is 0 Å². The second-order valence-corrected chi connectivity index (χ2v) is 7.11. The van der Waals surface area contributed by atoms with Gasteiger partial charge in [-0.15, -0.1) is 0 Å². The predicted octanol–water partition coefficient (Wildman–Crippen LogP) is 3.68. The lowest BCUT2D eigenvalue weighted by molar-refractivity contribution is 0.0652. The Kier molecular flexibility index (Phi) is 4.79. The molecule has 4 heterocycles. The van der Waals surface area contributed by atoms with Gasteiger partial charge in [0.1, 0.15) is 5.58 Å². The summed E-state index contributed by atoms with van der Waals surface area (Å²) in [6, 6.07) is 3.65. The molecule has 27 heavy (non-hydrogen) atoms. The molecule has 1 aliphatic rings. The number of carbonyl (C=O) groups is 1. The van der Waals surface area contributed by atoms with Gasteiger partial charge < -0.3 is 18.6 Å². The molecule has 0 saturated carbocycles. The second kappa shape index (κ2) is 7.38. The summed E-state index contributed by atoms with van der Waals surface area (Å²) >= 11 is 0. The van der Waals surface area contributed by atoms with E-state index in [0.717, 1.165) is 30.2 Å². The van der Waals surface area contributed by atoms with E-state index >= 15 is 0 Å². The maximum absolute atomic E-state index is 12.0. The van der Waals surface area contributed by atoms with Crippen LogP contribution in [-0.2, 0) is 11.2 Å². The Morgan fingerprint density at radius 2 is 2.19 bits per heavy atom. The third-order valence-electron chi connectivity index (χ3n) is 4.68. The van der Waals surface area contributed by atoms with Gasteiger partial charge in [0.2, 0.25) is 0 Å². The van der Waals surface area contributed by atoms with E-state index in [1.807, 2.05) is 19.9 Å². The molecule has 1 saturated heterocycles. The Balaban J connectivity index is 1.35. The fourth-order valence-corrected chi connectivity index (χ4v) is 3.28. The molecular formula is C19H22N4O4. The van der Waals surface area contributed by atoms with Gasteiger partial charge in [-0.25, -0.2) is 4.79 Å². The fourth-order valence-electron chi connectivity index (χ4n) is 3.28. The Hall–Kier alpha value is -2.90.